The van der Waals surface area contributed by atoms with E-state index in [1.165, 1.54) is 0 Å². The lowest BCUT2D eigenvalue weighted by molar-refractivity contribution is -0.123. The molecule has 4 heteroatoms. The summed E-state index contributed by atoms with van der Waals surface area (Å²) in [6, 6.07) is 4.09. The summed E-state index contributed by atoms with van der Waals surface area (Å²) in [6.07, 6.45) is 1.34. The first-order valence-electron chi connectivity index (χ1n) is 4.36. The summed E-state index contributed by atoms with van der Waals surface area (Å²) < 4.78 is 0. The topological polar surface area (TPSA) is 55.1 Å². The predicted molar refractivity (Wildman–Crippen MR) is 52.4 cm³/mol. The number of nitrogens with two attached hydrogens (primary N) is 1. The van der Waals surface area contributed by atoms with Crippen LogP contribution in [0.1, 0.15) is 23.8 Å². The minimum atomic E-state index is 0.0289. The number of piperidine rings is 1. The number of hydrogen-bond acceptors (Lipinski definition) is 3. The van der Waals surface area contributed by atoms with Crippen molar-refractivity contribution >= 4 is 17.2 Å². The molecule has 2 atom stereocenters. The van der Waals surface area contributed by atoms with Crippen LogP contribution in [0.5, 0.6) is 0 Å². The van der Waals surface area contributed by atoms with Crippen LogP contribution in [0.3, 0.4) is 0 Å². The summed E-state index contributed by atoms with van der Waals surface area (Å²) in [6.45, 7) is 0. The lowest BCUT2D eigenvalue weighted by Gasteiger charge is -2.28. The van der Waals surface area contributed by atoms with Gasteiger partial charge in [0.1, 0.15) is 0 Å². The highest BCUT2D eigenvalue weighted by Crippen LogP contribution is 2.25. The number of rotatable bonds is 1. The molecule has 0 unspecified atom stereocenters. The van der Waals surface area contributed by atoms with Crippen LogP contribution in [0.25, 0.3) is 0 Å². The zero-order chi connectivity index (χ0) is 9.26. The third-order valence-corrected chi connectivity index (χ3v) is 3.25. The van der Waals surface area contributed by atoms with Crippen molar-refractivity contribution in [1.82, 2.24) is 5.32 Å². The van der Waals surface area contributed by atoms with Crippen molar-refractivity contribution in [1.29, 1.82) is 0 Å². The van der Waals surface area contributed by atoms with Gasteiger partial charge in [-0.15, -0.1) is 11.3 Å². The van der Waals surface area contributed by atoms with E-state index in [2.05, 4.69) is 5.32 Å². The number of nitrogens with one attached hydrogen (secondary N) is 1. The molecule has 3 nitrogen and oxygen atoms in total. The second-order valence-electron chi connectivity index (χ2n) is 3.26. The molecule has 0 radical (unpaired) electrons. The number of hydrogen-bond donors (Lipinski definition) is 2. The maximum atomic E-state index is 11.2. The molecule has 2 rings (SSSR count). The van der Waals surface area contributed by atoms with Crippen molar-refractivity contribution < 1.29 is 4.79 Å². The minimum Gasteiger partial charge on any atom is -0.347 e. The van der Waals surface area contributed by atoms with Gasteiger partial charge < -0.3 is 11.1 Å². The van der Waals surface area contributed by atoms with E-state index in [1.54, 1.807) is 11.3 Å². The summed E-state index contributed by atoms with van der Waals surface area (Å²) in [5.41, 5.74) is 5.92. The summed E-state index contributed by atoms with van der Waals surface area (Å²) >= 11 is 1.64. The maximum absolute atomic E-state index is 11.2. The molecule has 3 N–H and O–H groups in total. The Hall–Kier alpha value is -0.870. The Balaban J connectivity index is 2.17. The standard InChI is InChI=1S/C9H12N2OS/c10-6-3-4-8(12)11-9(6)7-2-1-5-13-7/h1-2,5-6,9H,3-4,10H2,(H,11,12)/t6-,9-/m1/s1. The van der Waals surface area contributed by atoms with Crippen LogP contribution in [0.2, 0.25) is 0 Å². The summed E-state index contributed by atoms with van der Waals surface area (Å²) in [5, 5.41) is 4.92. The lowest BCUT2D eigenvalue weighted by Crippen LogP contribution is -2.45. The first-order chi connectivity index (χ1) is 6.27. The summed E-state index contributed by atoms with van der Waals surface area (Å²) in [4.78, 5) is 12.3. The van der Waals surface area contributed by atoms with Gasteiger partial charge in [-0.3, -0.25) is 4.79 Å². The van der Waals surface area contributed by atoms with Crippen LogP contribution in [-0.2, 0) is 4.79 Å². The van der Waals surface area contributed by atoms with Crippen molar-refractivity contribution in [3.8, 4) is 0 Å². The number of carbonyl (C=O) groups is 1. The van der Waals surface area contributed by atoms with Gasteiger partial charge in [0.2, 0.25) is 5.91 Å². The van der Waals surface area contributed by atoms with Gasteiger partial charge in [-0.25, -0.2) is 0 Å². The average Bonchev–Trinajstić information content (AvgIpc) is 2.61. The zero-order valence-corrected chi connectivity index (χ0v) is 8.01. The van der Waals surface area contributed by atoms with Crippen LogP contribution >= 0.6 is 11.3 Å². The van der Waals surface area contributed by atoms with Gasteiger partial charge in [0, 0.05) is 17.3 Å². The van der Waals surface area contributed by atoms with E-state index >= 15 is 0 Å². The van der Waals surface area contributed by atoms with Crippen molar-refractivity contribution in [2.24, 2.45) is 5.73 Å². The van der Waals surface area contributed by atoms with E-state index in [9.17, 15) is 4.79 Å². The Bertz CT molecular complexity index is 297. The molecule has 0 aromatic carbocycles. The normalized spacial score (nSPS) is 28.5. The maximum Gasteiger partial charge on any atom is 0.220 e. The molecule has 0 spiro atoms. The van der Waals surface area contributed by atoms with Crippen LogP contribution in [0.4, 0.5) is 0 Å². The van der Waals surface area contributed by atoms with Gasteiger partial charge in [-0.1, -0.05) is 6.07 Å². The van der Waals surface area contributed by atoms with Crippen molar-refractivity contribution in [3.05, 3.63) is 22.4 Å². The van der Waals surface area contributed by atoms with Crippen LogP contribution in [0, 0.1) is 0 Å². The molecular formula is C9H12N2OS. The molecule has 0 aliphatic carbocycles. The second kappa shape index (κ2) is 3.47. The van der Waals surface area contributed by atoms with E-state index < -0.39 is 0 Å². The highest BCUT2D eigenvalue weighted by molar-refractivity contribution is 7.10. The number of carbonyl (C=O) groups excluding carboxylic acids is 1. The Labute approximate surface area is 80.9 Å². The molecular weight excluding hydrogens is 184 g/mol. The van der Waals surface area contributed by atoms with Gasteiger partial charge in [-0.2, -0.15) is 0 Å². The first-order valence-corrected chi connectivity index (χ1v) is 5.23. The fraction of sp³-hybridized carbons (Fsp3) is 0.444. The van der Waals surface area contributed by atoms with Gasteiger partial charge in [0.05, 0.1) is 6.04 Å². The van der Waals surface area contributed by atoms with Crippen molar-refractivity contribution in [3.63, 3.8) is 0 Å². The van der Waals surface area contributed by atoms with E-state index in [4.69, 9.17) is 5.73 Å². The predicted octanol–water partition coefficient (Wildman–Crippen LogP) is 1.03. The summed E-state index contributed by atoms with van der Waals surface area (Å²) in [5.74, 6) is 0.111. The minimum absolute atomic E-state index is 0.0289. The highest BCUT2D eigenvalue weighted by Gasteiger charge is 2.27. The van der Waals surface area contributed by atoms with Gasteiger partial charge >= 0.3 is 0 Å². The Kier molecular flexibility index (Phi) is 2.33. The fourth-order valence-corrected chi connectivity index (χ4v) is 2.42. The lowest BCUT2D eigenvalue weighted by atomic mass is 9.98. The zero-order valence-electron chi connectivity index (χ0n) is 7.19. The molecule has 1 aliphatic rings. The van der Waals surface area contributed by atoms with Crippen molar-refractivity contribution in [2.45, 2.75) is 24.9 Å². The van der Waals surface area contributed by atoms with Crippen LogP contribution in [0.15, 0.2) is 17.5 Å². The van der Waals surface area contributed by atoms with Gasteiger partial charge in [0.25, 0.3) is 0 Å². The van der Waals surface area contributed by atoms with Gasteiger partial charge in [0.15, 0.2) is 0 Å². The quantitative estimate of drug-likeness (QED) is 0.704. The monoisotopic (exact) mass is 196 g/mol. The molecule has 2 heterocycles. The van der Waals surface area contributed by atoms with E-state index in [0.29, 0.717) is 6.42 Å². The Morgan fingerprint density at radius 3 is 3.15 bits per heavy atom. The molecule has 1 aromatic heterocycles. The van der Waals surface area contributed by atoms with E-state index in [0.717, 1.165) is 11.3 Å². The first kappa shape index (κ1) is 8.72. The molecule has 1 aliphatic heterocycles. The van der Waals surface area contributed by atoms with Crippen molar-refractivity contribution in [2.75, 3.05) is 0 Å². The number of amides is 1. The molecule has 13 heavy (non-hydrogen) atoms. The Morgan fingerprint density at radius 2 is 2.46 bits per heavy atom. The third kappa shape index (κ3) is 1.73. The molecule has 1 saturated heterocycles. The van der Waals surface area contributed by atoms with Gasteiger partial charge in [-0.05, 0) is 17.9 Å². The largest absolute Gasteiger partial charge is 0.347 e. The molecule has 1 fully saturated rings. The number of thiophene rings is 1. The molecule has 70 valence electrons. The SMILES string of the molecule is N[C@@H]1CCC(=O)N[C@H]1c1cccs1. The van der Waals surface area contributed by atoms with E-state index in [1.807, 2.05) is 17.5 Å². The molecule has 1 amide bonds. The molecule has 0 saturated carbocycles. The second-order valence-corrected chi connectivity index (χ2v) is 4.24. The van der Waals surface area contributed by atoms with E-state index in [-0.39, 0.29) is 18.0 Å². The Morgan fingerprint density at radius 1 is 1.62 bits per heavy atom. The third-order valence-electron chi connectivity index (χ3n) is 2.30. The van der Waals surface area contributed by atoms with Crippen LogP contribution in [-0.4, -0.2) is 11.9 Å². The summed E-state index contributed by atoms with van der Waals surface area (Å²) in [7, 11) is 0. The smallest absolute Gasteiger partial charge is 0.220 e. The fourth-order valence-electron chi connectivity index (χ4n) is 1.57. The molecule has 0 bridgehead atoms. The molecule has 1 aromatic rings. The average molecular weight is 196 g/mol. The van der Waals surface area contributed by atoms with Crippen LogP contribution < -0.4 is 11.1 Å². The highest BCUT2D eigenvalue weighted by atomic mass is 32.1.